The molecule has 0 spiro atoms. The Morgan fingerprint density at radius 2 is 1.12 bits per heavy atom. The molecule has 4 amide bonds. The molecular weight excluding hydrogens is 751 g/mol. The Kier molecular flexibility index (Phi) is 18.1. The van der Waals surface area contributed by atoms with Crippen molar-refractivity contribution in [1.82, 2.24) is 30.6 Å². The number of amides is 4. The highest BCUT2D eigenvalue weighted by Crippen LogP contribution is 2.27. The van der Waals surface area contributed by atoms with Gasteiger partial charge in [-0.2, -0.15) is 20.2 Å². The summed E-state index contributed by atoms with van der Waals surface area (Å²) >= 11 is 0. The van der Waals surface area contributed by atoms with E-state index < -0.39 is 12.1 Å². The Hall–Kier alpha value is -6.06. The lowest BCUT2D eigenvalue weighted by atomic mass is 9.93. The zero-order valence-corrected chi connectivity index (χ0v) is 35.5. The predicted octanol–water partition coefficient (Wildman–Crippen LogP) is 8.71. The number of urea groups is 2. The molecule has 318 valence electrons. The molecule has 0 saturated carbocycles. The van der Waals surface area contributed by atoms with Gasteiger partial charge in [-0.15, -0.1) is 0 Å². The van der Waals surface area contributed by atoms with E-state index in [0.717, 1.165) is 74.2 Å². The van der Waals surface area contributed by atoms with E-state index in [-0.39, 0.29) is 47.9 Å². The number of H-pyrrole nitrogens is 2. The van der Waals surface area contributed by atoms with Gasteiger partial charge in [0.1, 0.15) is 5.75 Å². The molecule has 16 nitrogen and oxygen atoms in total. The summed E-state index contributed by atoms with van der Waals surface area (Å²) in [7, 11) is 1.60. The van der Waals surface area contributed by atoms with Crippen LogP contribution in [0.2, 0.25) is 0 Å². The topological polar surface area (TPSA) is 211 Å². The van der Waals surface area contributed by atoms with E-state index in [1.54, 1.807) is 21.0 Å². The van der Waals surface area contributed by atoms with Gasteiger partial charge in [-0.05, 0) is 99.9 Å². The second-order valence-corrected chi connectivity index (χ2v) is 14.5. The number of anilines is 3. The summed E-state index contributed by atoms with van der Waals surface area (Å²) in [4.78, 5) is 68.1. The summed E-state index contributed by atoms with van der Waals surface area (Å²) in [5, 5.41) is 19.8. The zero-order valence-electron chi connectivity index (χ0n) is 35.5. The number of rotatable bonds is 22. The first-order chi connectivity index (χ1) is 28.5. The maximum absolute atomic E-state index is 13.0. The van der Waals surface area contributed by atoms with Crippen LogP contribution in [0.5, 0.6) is 5.75 Å². The molecule has 2 aromatic heterocycles. The lowest BCUT2D eigenvalue weighted by Crippen LogP contribution is -2.41. The van der Waals surface area contributed by atoms with E-state index in [1.807, 2.05) is 53.4 Å². The molecule has 0 fully saturated rings. The summed E-state index contributed by atoms with van der Waals surface area (Å²) < 4.78 is 5.21. The molecule has 2 unspecified atom stereocenters. The van der Waals surface area contributed by atoms with Crippen molar-refractivity contribution in [2.24, 2.45) is 10.2 Å². The van der Waals surface area contributed by atoms with Gasteiger partial charge < -0.3 is 30.2 Å². The minimum atomic E-state index is -0.518. The summed E-state index contributed by atoms with van der Waals surface area (Å²) in [6.45, 7) is 13.1. The van der Waals surface area contributed by atoms with Crippen molar-refractivity contribution < 1.29 is 14.3 Å². The van der Waals surface area contributed by atoms with Crippen LogP contribution in [0.4, 0.5) is 38.5 Å². The number of benzene rings is 2. The predicted molar refractivity (Wildman–Crippen MR) is 234 cm³/mol. The number of nitrogens with zero attached hydrogens (tertiary/aromatic N) is 5. The standard InChI is InChI=1S/C43H61N11O5/c1-8-12-14-30(10-3)36-28(5)38(55)48-40(46-36)50-42(57)44-24-26-54(34-20-16-32(17-21-34)52-53-33-18-22-35(59-7)23-19-33)27-25-45-43(58)51-41-47-37(29(6)39(56)49-41)31(11-4)15-13-9-2/h16-23,30-31H,8-15,24-27H2,1-7H3,(H3,44,46,48,50,55,57)(H3,45,47,49,51,56,58)/b53-52+. The van der Waals surface area contributed by atoms with Crippen LogP contribution in [0.3, 0.4) is 0 Å². The van der Waals surface area contributed by atoms with Crippen LogP contribution in [-0.2, 0) is 0 Å². The van der Waals surface area contributed by atoms with Crippen LogP contribution in [0, 0.1) is 13.8 Å². The summed E-state index contributed by atoms with van der Waals surface area (Å²) in [6, 6.07) is 13.6. The van der Waals surface area contributed by atoms with Crippen molar-refractivity contribution in [3.8, 4) is 5.75 Å². The Morgan fingerprint density at radius 3 is 1.51 bits per heavy atom. The molecule has 2 heterocycles. The largest absolute Gasteiger partial charge is 0.497 e. The Morgan fingerprint density at radius 1 is 0.695 bits per heavy atom. The minimum absolute atomic E-state index is 0.0946. The highest BCUT2D eigenvalue weighted by molar-refractivity contribution is 5.87. The average molecular weight is 812 g/mol. The third kappa shape index (κ3) is 13.8. The average Bonchev–Trinajstić information content (AvgIpc) is 3.23. The van der Waals surface area contributed by atoms with E-state index in [4.69, 9.17) is 4.74 Å². The van der Waals surface area contributed by atoms with Crippen molar-refractivity contribution in [1.29, 1.82) is 0 Å². The molecule has 0 aliphatic rings. The third-order valence-corrected chi connectivity index (χ3v) is 10.4. The molecule has 0 radical (unpaired) electrons. The fourth-order valence-corrected chi connectivity index (χ4v) is 6.82. The third-order valence-electron chi connectivity index (χ3n) is 10.4. The van der Waals surface area contributed by atoms with Crippen molar-refractivity contribution in [2.75, 3.05) is 48.8 Å². The molecule has 16 heteroatoms. The molecule has 0 bridgehead atoms. The molecule has 59 heavy (non-hydrogen) atoms. The number of hydrogen-bond donors (Lipinski definition) is 6. The second-order valence-electron chi connectivity index (χ2n) is 14.5. The number of nitrogens with one attached hydrogen (secondary N) is 6. The summed E-state index contributed by atoms with van der Waals surface area (Å²) in [5.41, 5.74) is 4.10. The van der Waals surface area contributed by atoms with Gasteiger partial charge >= 0.3 is 12.1 Å². The molecule has 2 atom stereocenters. The number of ether oxygens (including phenoxy) is 1. The Labute approximate surface area is 346 Å². The second kappa shape index (κ2) is 23.4. The first-order valence-corrected chi connectivity index (χ1v) is 20.7. The maximum Gasteiger partial charge on any atom is 0.321 e. The summed E-state index contributed by atoms with van der Waals surface area (Å²) in [5.74, 6) is 1.23. The normalized spacial score (nSPS) is 12.2. The van der Waals surface area contributed by atoms with Gasteiger partial charge in [0.15, 0.2) is 0 Å². The van der Waals surface area contributed by atoms with Crippen molar-refractivity contribution in [3.05, 3.63) is 91.8 Å². The molecule has 6 N–H and O–H groups in total. The van der Waals surface area contributed by atoms with Crippen molar-refractivity contribution in [2.45, 2.75) is 105 Å². The quantitative estimate of drug-likeness (QED) is 0.0422. The lowest BCUT2D eigenvalue weighted by molar-refractivity contribution is 0.251. The number of methoxy groups -OCH3 is 1. The number of aromatic amines is 2. The van der Waals surface area contributed by atoms with Gasteiger partial charge in [-0.3, -0.25) is 20.2 Å². The van der Waals surface area contributed by atoms with Gasteiger partial charge in [-0.1, -0.05) is 53.4 Å². The number of carbonyl (C=O) groups excluding carboxylic acids is 2. The summed E-state index contributed by atoms with van der Waals surface area (Å²) in [6.07, 6.45) is 7.72. The van der Waals surface area contributed by atoms with Crippen LogP contribution in [0.15, 0.2) is 68.3 Å². The zero-order chi connectivity index (χ0) is 42.7. The fraction of sp³-hybridized carbons (Fsp3) is 0.488. The van der Waals surface area contributed by atoms with E-state index in [9.17, 15) is 19.2 Å². The molecule has 0 aliphatic carbocycles. The van der Waals surface area contributed by atoms with Gasteiger partial charge in [0, 0.05) is 54.4 Å². The van der Waals surface area contributed by atoms with Gasteiger partial charge in [-0.25, -0.2) is 9.59 Å². The van der Waals surface area contributed by atoms with E-state index in [1.165, 1.54) is 0 Å². The number of azo groups is 1. The number of carbonyl (C=O) groups is 2. The number of unbranched alkanes of at least 4 members (excludes halogenated alkanes) is 2. The molecule has 2 aromatic carbocycles. The van der Waals surface area contributed by atoms with E-state index in [2.05, 4.69) is 79.1 Å². The van der Waals surface area contributed by atoms with Crippen LogP contribution < -0.4 is 42.0 Å². The first kappa shape index (κ1) is 45.6. The molecule has 4 rings (SSSR count). The monoisotopic (exact) mass is 811 g/mol. The molecule has 0 aliphatic heterocycles. The van der Waals surface area contributed by atoms with Crippen LogP contribution in [0.1, 0.15) is 113 Å². The number of hydrogen-bond acceptors (Lipinski definition) is 10. The highest BCUT2D eigenvalue weighted by atomic mass is 16.5. The maximum atomic E-state index is 13.0. The fourth-order valence-electron chi connectivity index (χ4n) is 6.82. The molecule has 0 saturated heterocycles. The first-order valence-electron chi connectivity index (χ1n) is 20.7. The van der Waals surface area contributed by atoms with Crippen LogP contribution >= 0.6 is 0 Å². The van der Waals surface area contributed by atoms with Crippen molar-refractivity contribution >= 4 is 41.0 Å². The van der Waals surface area contributed by atoms with Gasteiger partial charge in [0.25, 0.3) is 11.1 Å². The Bertz CT molecular complexity index is 2000. The van der Waals surface area contributed by atoms with Gasteiger partial charge in [0.2, 0.25) is 11.9 Å². The van der Waals surface area contributed by atoms with Gasteiger partial charge in [0.05, 0.1) is 18.5 Å². The number of aromatic nitrogens is 4. The molecule has 4 aromatic rings. The molecular formula is C43H61N11O5. The smallest absolute Gasteiger partial charge is 0.321 e. The van der Waals surface area contributed by atoms with Crippen LogP contribution in [0.25, 0.3) is 0 Å². The lowest BCUT2D eigenvalue weighted by Gasteiger charge is -2.25. The van der Waals surface area contributed by atoms with E-state index >= 15 is 0 Å². The Balaban J connectivity index is 1.43. The highest BCUT2D eigenvalue weighted by Gasteiger charge is 2.19. The minimum Gasteiger partial charge on any atom is -0.497 e. The van der Waals surface area contributed by atoms with E-state index in [0.29, 0.717) is 35.6 Å². The van der Waals surface area contributed by atoms with Crippen LogP contribution in [-0.4, -0.2) is 65.3 Å². The van der Waals surface area contributed by atoms with Crippen molar-refractivity contribution in [3.63, 3.8) is 0 Å². The SMILES string of the molecule is CCCCC(CC)c1[nH]c(NC(=O)NCCN(CCNC(=O)Nc2nc(=O)c(C)c(C(CC)CCCC)[nH]2)c2ccc(/N=N/c3ccc(OC)cc3)cc2)nc(=O)c1C.